The summed E-state index contributed by atoms with van der Waals surface area (Å²) in [6.07, 6.45) is 0. The number of benzene rings is 1. The standard InChI is InChI=1S/C13H11BrFN3O4/c1-18-11(16)10(12(20)17-13(18)21)8(19)5-22-9-3-2-6(15)4-7(9)14/h2-4H,5,16H2,1H3,(H,17,20,21). The number of nitrogens with one attached hydrogen (secondary N) is 1. The molecule has 0 bridgehead atoms. The summed E-state index contributed by atoms with van der Waals surface area (Å²) in [5, 5.41) is 0. The lowest BCUT2D eigenvalue weighted by Crippen LogP contribution is -2.36. The fourth-order valence-corrected chi connectivity index (χ4v) is 2.18. The Kier molecular flexibility index (Phi) is 4.45. The maximum absolute atomic E-state index is 13.0. The van der Waals surface area contributed by atoms with Gasteiger partial charge in [0.05, 0.1) is 4.47 Å². The van der Waals surface area contributed by atoms with Gasteiger partial charge in [-0.05, 0) is 34.1 Å². The number of Topliss-reactive ketones (excluding diaryl/α,β-unsaturated/α-hetero) is 1. The fourth-order valence-electron chi connectivity index (χ4n) is 1.71. The molecule has 0 radical (unpaired) electrons. The number of anilines is 1. The van der Waals surface area contributed by atoms with E-state index in [1.165, 1.54) is 19.2 Å². The summed E-state index contributed by atoms with van der Waals surface area (Å²) in [6.45, 7) is -0.490. The van der Waals surface area contributed by atoms with Gasteiger partial charge < -0.3 is 10.5 Å². The Labute approximate surface area is 131 Å². The molecular formula is C13H11BrFN3O4. The van der Waals surface area contributed by atoms with Crippen LogP contribution in [0.5, 0.6) is 5.75 Å². The van der Waals surface area contributed by atoms with Gasteiger partial charge in [0.1, 0.15) is 22.9 Å². The van der Waals surface area contributed by atoms with E-state index >= 15 is 0 Å². The highest BCUT2D eigenvalue weighted by Crippen LogP contribution is 2.25. The Hall–Kier alpha value is -2.42. The van der Waals surface area contributed by atoms with Crippen molar-refractivity contribution < 1.29 is 13.9 Å². The van der Waals surface area contributed by atoms with Crippen molar-refractivity contribution in [2.45, 2.75) is 0 Å². The fraction of sp³-hybridized carbons (Fsp3) is 0.154. The number of aromatic nitrogens is 2. The molecule has 1 aromatic heterocycles. The molecule has 1 heterocycles. The van der Waals surface area contributed by atoms with E-state index in [0.717, 1.165) is 10.6 Å². The van der Waals surface area contributed by atoms with Gasteiger partial charge in [-0.15, -0.1) is 0 Å². The lowest BCUT2D eigenvalue weighted by molar-refractivity contribution is 0.0919. The first-order valence-corrected chi connectivity index (χ1v) is 6.80. The normalized spacial score (nSPS) is 10.5. The van der Waals surface area contributed by atoms with Crippen LogP contribution in [0.1, 0.15) is 10.4 Å². The molecule has 9 heteroatoms. The molecule has 0 spiro atoms. The van der Waals surface area contributed by atoms with Crippen LogP contribution in [-0.2, 0) is 7.05 Å². The smallest absolute Gasteiger partial charge is 0.329 e. The van der Waals surface area contributed by atoms with E-state index in [1.807, 2.05) is 4.98 Å². The molecule has 0 aliphatic rings. The van der Waals surface area contributed by atoms with Crippen molar-refractivity contribution in [3.05, 3.63) is 54.9 Å². The highest BCUT2D eigenvalue weighted by atomic mass is 79.9. The lowest BCUT2D eigenvalue weighted by atomic mass is 10.2. The van der Waals surface area contributed by atoms with E-state index in [0.29, 0.717) is 4.47 Å². The molecule has 2 rings (SSSR count). The van der Waals surface area contributed by atoms with E-state index < -0.39 is 29.5 Å². The maximum atomic E-state index is 13.0. The third-order valence-electron chi connectivity index (χ3n) is 2.90. The van der Waals surface area contributed by atoms with Crippen molar-refractivity contribution in [3.8, 4) is 5.75 Å². The lowest BCUT2D eigenvalue weighted by Gasteiger charge is -2.10. The van der Waals surface area contributed by atoms with Gasteiger partial charge in [0.2, 0.25) is 5.78 Å². The molecule has 0 saturated heterocycles. The number of nitrogens with two attached hydrogens (primary N) is 1. The molecule has 0 aliphatic heterocycles. The van der Waals surface area contributed by atoms with Crippen LogP contribution in [0.25, 0.3) is 0 Å². The van der Waals surface area contributed by atoms with Crippen LogP contribution < -0.4 is 21.7 Å². The van der Waals surface area contributed by atoms with E-state index in [1.54, 1.807) is 0 Å². The van der Waals surface area contributed by atoms with Gasteiger partial charge in [-0.2, -0.15) is 0 Å². The second-order valence-electron chi connectivity index (χ2n) is 4.37. The van der Waals surface area contributed by atoms with Crippen LogP contribution in [0.2, 0.25) is 0 Å². The van der Waals surface area contributed by atoms with Crippen LogP contribution in [-0.4, -0.2) is 21.9 Å². The van der Waals surface area contributed by atoms with E-state index in [-0.39, 0.29) is 17.1 Å². The zero-order chi connectivity index (χ0) is 16.4. The first-order valence-electron chi connectivity index (χ1n) is 6.01. The number of carbonyl (C=O) groups is 1. The maximum Gasteiger partial charge on any atom is 0.329 e. The summed E-state index contributed by atoms with van der Waals surface area (Å²) in [7, 11) is 1.32. The largest absolute Gasteiger partial charge is 0.484 e. The number of H-pyrrole nitrogens is 1. The predicted octanol–water partition coefficient (Wildman–Crippen LogP) is 0.819. The van der Waals surface area contributed by atoms with Gasteiger partial charge in [-0.3, -0.25) is 19.1 Å². The minimum atomic E-state index is -0.882. The van der Waals surface area contributed by atoms with Crippen molar-refractivity contribution in [1.29, 1.82) is 0 Å². The molecule has 116 valence electrons. The summed E-state index contributed by atoms with van der Waals surface area (Å²) in [5.74, 6) is -1.19. The molecule has 0 amide bonds. The Balaban J connectivity index is 2.25. The molecule has 0 unspecified atom stereocenters. The van der Waals surface area contributed by atoms with Crippen LogP contribution in [0.3, 0.4) is 0 Å². The van der Waals surface area contributed by atoms with Crippen LogP contribution in [0.4, 0.5) is 10.2 Å². The Morgan fingerprint density at radius 1 is 1.45 bits per heavy atom. The van der Waals surface area contributed by atoms with Crippen molar-refractivity contribution in [2.24, 2.45) is 7.05 Å². The third kappa shape index (κ3) is 3.08. The van der Waals surface area contributed by atoms with Crippen molar-refractivity contribution >= 4 is 27.5 Å². The molecule has 0 saturated carbocycles. The number of nitrogen functional groups attached to an aromatic ring is 1. The molecule has 1 aromatic carbocycles. The van der Waals surface area contributed by atoms with E-state index in [2.05, 4.69) is 15.9 Å². The van der Waals surface area contributed by atoms with Crippen LogP contribution in [0, 0.1) is 5.82 Å². The number of ether oxygens (including phenoxy) is 1. The Morgan fingerprint density at radius 2 is 2.14 bits per heavy atom. The topological polar surface area (TPSA) is 107 Å². The van der Waals surface area contributed by atoms with Crippen LogP contribution >= 0.6 is 15.9 Å². The summed E-state index contributed by atoms with van der Waals surface area (Å²) in [4.78, 5) is 37.1. The zero-order valence-electron chi connectivity index (χ0n) is 11.4. The molecule has 0 aliphatic carbocycles. The van der Waals surface area contributed by atoms with Crippen molar-refractivity contribution in [2.75, 3.05) is 12.3 Å². The molecule has 2 aromatic rings. The van der Waals surface area contributed by atoms with Gasteiger partial charge in [0.25, 0.3) is 5.56 Å². The highest BCUT2D eigenvalue weighted by Gasteiger charge is 2.19. The number of hydrogen-bond donors (Lipinski definition) is 2. The Morgan fingerprint density at radius 3 is 2.77 bits per heavy atom. The predicted molar refractivity (Wildman–Crippen MR) is 80.6 cm³/mol. The average molecular weight is 372 g/mol. The SMILES string of the molecule is Cn1c(N)c(C(=O)COc2ccc(F)cc2Br)c(=O)[nH]c1=O. The molecule has 3 N–H and O–H groups in total. The number of carbonyl (C=O) groups excluding carboxylic acids is 1. The number of aromatic amines is 1. The Bertz CT molecular complexity index is 859. The molecule has 22 heavy (non-hydrogen) atoms. The number of hydrogen-bond acceptors (Lipinski definition) is 5. The van der Waals surface area contributed by atoms with Gasteiger partial charge in [0, 0.05) is 7.05 Å². The summed E-state index contributed by atoms with van der Waals surface area (Å²) in [5.41, 5.74) is 3.65. The zero-order valence-corrected chi connectivity index (χ0v) is 12.9. The van der Waals surface area contributed by atoms with Gasteiger partial charge in [0.15, 0.2) is 6.61 Å². The molecule has 7 nitrogen and oxygen atoms in total. The summed E-state index contributed by atoms with van der Waals surface area (Å²) >= 11 is 3.09. The first-order chi connectivity index (χ1) is 10.3. The molecule has 0 atom stereocenters. The molecular weight excluding hydrogens is 361 g/mol. The van der Waals surface area contributed by atoms with E-state index in [4.69, 9.17) is 10.5 Å². The molecule has 0 fully saturated rings. The monoisotopic (exact) mass is 371 g/mol. The van der Waals surface area contributed by atoms with Gasteiger partial charge >= 0.3 is 5.69 Å². The minimum Gasteiger partial charge on any atom is -0.484 e. The third-order valence-corrected chi connectivity index (χ3v) is 3.52. The quantitative estimate of drug-likeness (QED) is 0.773. The highest BCUT2D eigenvalue weighted by molar-refractivity contribution is 9.10. The summed E-state index contributed by atoms with van der Waals surface area (Å²) < 4.78 is 19.5. The number of ketones is 1. The van der Waals surface area contributed by atoms with Crippen LogP contribution in [0.15, 0.2) is 32.3 Å². The van der Waals surface area contributed by atoms with Gasteiger partial charge in [-0.25, -0.2) is 9.18 Å². The van der Waals surface area contributed by atoms with Crippen molar-refractivity contribution in [1.82, 2.24) is 9.55 Å². The second-order valence-corrected chi connectivity index (χ2v) is 5.22. The number of nitrogens with zero attached hydrogens (tertiary/aromatic N) is 1. The number of halogens is 2. The average Bonchev–Trinajstić information content (AvgIpc) is 2.44. The second kappa shape index (κ2) is 6.14. The first kappa shape index (κ1) is 16.0. The number of rotatable bonds is 4. The minimum absolute atomic E-state index is 0.231. The van der Waals surface area contributed by atoms with Gasteiger partial charge in [-0.1, -0.05) is 0 Å². The summed E-state index contributed by atoms with van der Waals surface area (Å²) in [6, 6.07) is 3.67. The van der Waals surface area contributed by atoms with E-state index in [9.17, 15) is 18.8 Å². The van der Waals surface area contributed by atoms with Crippen molar-refractivity contribution in [3.63, 3.8) is 0 Å².